The van der Waals surface area contributed by atoms with E-state index in [2.05, 4.69) is 4.99 Å². The highest BCUT2D eigenvalue weighted by Gasteiger charge is 2.33. The number of esters is 1. The van der Waals surface area contributed by atoms with Gasteiger partial charge in [0.1, 0.15) is 11.5 Å². The van der Waals surface area contributed by atoms with Gasteiger partial charge in [-0.25, -0.2) is 9.79 Å². The Morgan fingerprint density at radius 1 is 1.22 bits per heavy atom. The van der Waals surface area contributed by atoms with Gasteiger partial charge in [0.2, 0.25) is 0 Å². The molecule has 6 nitrogen and oxygen atoms in total. The van der Waals surface area contributed by atoms with E-state index in [0.29, 0.717) is 37.1 Å². The molecule has 3 heterocycles. The molecule has 0 saturated carbocycles. The first-order valence-electron chi connectivity index (χ1n) is 11.6. The van der Waals surface area contributed by atoms with Gasteiger partial charge in [0.25, 0.3) is 5.56 Å². The van der Waals surface area contributed by atoms with Crippen molar-refractivity contribution in [2.75, 3.05) is 12.9 Å². The number of hydrogen-bond donors (Lipinski definition) is 0. The Labute approximate surface area is 226 Å². The van der Waals surface area contributed by atoms with Crippen LogP contribution >= 0.6 is 34.7 Å². The summed E-state index contributed by atoms with van der Waals surface area (Å²) in [5, 5.41) is 0.613. The van der Waals surface area contributed by atoms with Crippen LogP contribution in [0.25, 0.3) is 17.4 Å². The standard InChI is InChI=1S/C28H23ClN2O4S2/c1-4-34-27(33)24-16(2)30-28-31(25(24)17-8-11-21(36-3)12-9-17)26(32)23(37-28)15-20-10-13-22(35-20)18-6-5-7-19(29)14-18/h5-15,25H,4H2,1-3H3. The zero-order valence-electron chi connectivity index (χ0n) is 20.4. The molecule has 0 amide bonds. The van der Waals surface area contributed by atoms with Crippen LogP contribution in [0.15, 0.2) is 91.0 Å². The number of rotatable bonds is 6. The summed E-state index contributed by atoms with van der Waals surface area (Å²) in [4.78, 5) is 32.9. The number of nitrogens with zero attached hydrogens (tertiary/aromatic N) is 2. The second-order valence-electron chi connectivity index (χ2n) is 8.29. The van der Waals surface area contributed by atoms with Gasteiger partial charge >= 0.3 is 5.97 Å². The number of benzene rings is 2. The minimum atomic E-state index is -0.646. The van der Waals surface area contributed by atoms with E-state index >= 15 is 0 Å². The van der Waals surface area contributed by atoms with Crippen LogP contribution in [0.5, 0.6) is 0 Å². The van der Waals surface area contributed by atoms with Gasteiger partial charge in [0.05, 0.1) is 28.5 Å². The Balaban J connectivity index is 1.63. The Bertz CT molecular complexity index is 1700. The molecule has 0 spiro atoms. The van der Waals surface area contributed by atoms with Crippen molar-refractivity contribution in [2.45, 2.75) is 24.8 Å². The van der Waals surface area contributed by atoms with E-state index in [1.807, 2.05) is 60.9 Å². The molecular weight excluding hydrogens is 528 g/mol. The number of ether oxygens (including phenoxy) is 1. The Morgan fingerprint density at radius 2 is 2.00 bits per heavy atom. The van der Waals surface area contributed by atoms with Crippen molar-refractivity contribution in [3.8, 4) is 11.3 Å². The molecule has 2 aromatic carbocycles. The number of halogens is 1. The molecule has 188 valence electrons. The fourth-order valence-electron chi connectivity index (χ4n) is 4.25. The third-order valence-electron chi connectivity index (χ3n) is 5.96. The predicted molar refractivity (Wildman–Crippen MR) is 148 cm³/mol. The van der Waals surface area contributed by atoms with Gasteiger partial charge in [-0.1, -0.05) is 47.2 Å². The van der Waals surface area contributed by atoms with Crippen LogP contribution in [0.1, 0.15) is 31.2 Å². The first-order valence-corrected chi connectivity index (χ1v) is 14.0. The molecule has 2 aromatic heterocycles. The molecule has 0 saturated heterocycles. The fraction of sp³-hybridized carbons (Fsp3) is 0.179. The third-order valence-corrected chi connectivity index (χ3v) is 7.92. The molecule has 1 aliphatic heterocycles. The Morgan fingerprint density at radius 3 is 2.70 bits per heavy atom. The predicted octanol–water partition coefficient (Wildman–Crippen LogP) is 5.43. The van der Waals surface area contributed by atoms with Crippen molar-refractivity contribution >= 4 is 46.7 Å². The number of fused-ring (bicyclic) bond motifs is 1. The largest absolute Gasteiger partial charge is 0.463 e. The number of thioether (sulfide) groups is 1. The number of aromatic nitrogens is 1. The van der Waals surface area contributed by atoms with E-state index in [1.165, 1.54) is 11.3 Å². The van der Waals surface area contributed by atoms with E-state index in [1.54, 1.807) is 42.3 Å². The Hall–Kier alpha value is -3.33. The molecule has 1 atom stereocenters. The van der Waals surface area contributed by atoms with E-state index in [9.17, 15) is 9.59 Å². The lowest BCUT2D eigenvalue weighted by Crippen LogP contribution is -2.39. The lowest BCUT2D eigenvalue weighted by atomic mass is 9.96. The van der Waals surface area contributed by atoms with Crippen LogP contribution < -0.4 is 14.9 Å². The van der Waals surface area contributed by atoms with Gasteiger partial charge in [0, 0.05) is 21.6 Å². The summed E-state index contributed by atoms with van der Waals surface area (Å²) in [5.74, 6) is 0.699. The molecule has 0 fully saturated rings. The van der Waals surface area contributed by atoms with E-state index in [0.717, 1.165) is 16.0 Å². The van der Waals surface area contributed by atoms with Crippen LogP contribution in [0.4, 0.5) is 0 Å². The van der Waals surface area contributed by atoms with Gasteiger partial charge in [-0.05, 0) is 62.1 Å². The monoisotopic (exact) mass is 550 g/mol. The summed E-state index contributed by atoms with van der Waals surface area (Å²) in [7, 11) is 0. The maximum Gasteiger partial charge on any atom is 0.338 e. The average Bonchev–Trinajstić information content (AvgIpc) is 3.48. The van der Waals surface area contributed by atoms with Crippen LogP contribution in [0.3, 0.4) is 0 Å². The number of thiazole rings is 1. The van der Waals surface area contributed by atoms with Gasteiger partial charge in [0.15, 0.2) is 4.80 Å². The first kappa shape index (κ1) is 25.3. The summed E-state index contributed by atoms with van der Waals surface area (Å²) in [6, 6.07) is 18.2. The average molecular weight is 551 g/mol. The molecule has 4 aromatic rings. The first-order chi connectivity index (χ1) is 17.9. The molecule has 0 N–H and O–H groups in total. The highest BCUT2D eigenvalue weighted by atomic mass is 35.5. The SMILES string of the molecule is CCOC(=O)C1=C(C)N=c2sc(=Cc3ccc(-c4cccc(Cl)c4)o3)c(=O)n2C1c1ccc(SC)cc1. The maximum absolute atomic E-state index is 13.7. The zero-order chi connectivity index (χ0) is 26.1. The van der Waals surface area contributed by atoms with Crippen molar-refractivity contribution in [1.29, 1.82) is 0 Å². The summed E-state index contributed by atoms with van der Waals surface area (Å²) in [5.41, 5.74) is 2.30. The lowest BCUT2D eigenvalue weighted by Gasteiger charge is -2.24. The minimum Gasteiger partial charge on any atom is -0.463 e. The normalized spacial score (nSPS) is 15.5. The molecular formula is C28H23ClN2O4S2. The quantitative estimate of drug-likeness (QED) is 0.236. The van der Waals surface area contributed by atoms with Crippen LogP contribution in [0.2, 0.25) is 5.02 Å². The van der Waals surface area contributed by atoms with Crippen LogP contribution in [0, 0.1) is 0 Å². The molecule has 1 aliphatic rings. The molecule has 5 rings (SSSR count). The lowest BCUT2D eigenvalue weighted by molar-refractivity contribution is -0.139. The molecule has 0 aliphatic carbocycles. The van der Waals surface area contributed by atoms with Crippen molar-refractivity contribution < 1.29 is 13.9 Å². The van der Waals surface area contributed by atoms with Crippen molar-refractivity contribution in [1.82, 2.24) is 4.57 Å². The van der Waals surface area contributed by atoms with E-state index in [4.69, 9.17) is 20.8 Å². The maximum atomic E-state index is 13.7. The summed E-state index contributed by atoms with van der Waals surface area (Å²) >= 11 is 9.00. The summed E-state index contributed by atoms with van der Waals surface area (Å²) < 4.78 is 13.4. The second kappa shape index (κ2) is 10.6. The Kier molecular flexibility index (Phi) is 7.24. The number of carbonyl (C=O) groups excluding carboxylic acids is 1. The van der Waals surface area contributed by atoms with Crippen LogP contribution in [-0.4, -0.2) is 23.4 Å². The topological polar surface area (TPSA) is 73.8 Å². The van der Waals surface area contributed by atoms with E-state index in [-0.39, 0.29) is 12.2 Å². The summed E-state index contributed by atoms with van der Waals surface area (Å²) in [6.45, 7) is 3.76. The van der Waals surface area contributed by atoms with Crippen molar-refractivity contribution in [3.05, 3.63) is 108 Å². The zero-order valence-corrected chi connectivity index (χ0v) is 22.7. The van der Waals surface area contributed by atoms with Gasteiger partial charge in [-0.3, -0.25) is 9.36 Å². The summed E-state index contributed by atoms with van der Waals surface area (Å²) in [6.07, 6.45) is 3.70. The van der Waals surface area contributed by atoms with Gasteiger partial charge < -0.3 is 9.15 Å². The number of furan rings is 1. The molecule has 37 heavy (non-hydrogen) atoms. The van der Waals surface area contributed by atoms with Crippen molar-refractivity contribution in [3.63, 3.8) is 0 Å². The van der Waals surface area contributed by atoms with Gasteiger partial charge in [-0.15, -0.1) is 11.8 Å². The molecule has 0 bridgehead atoms. The number of allylic oxidation sites excluding steroid dienone is 1. The highest BCUT2D eigenvalue weighted by Crippen LogP contribution is 2.32. The third kappa shape index (κ3) is 4.97. The number of hydrogen-bond acceptors (Lipinski definition) is 7. The molecule has 0 radical (unpaired) electrons. The smallest absolute Gasteiger partial charge is 0.338 e. The van der Waals surface area contributed by atoms with Crippen LogP contribution in [-0.2, 0) is 9.53 Å². The van der Waals surface area contributed by atoms with Crippen molar-refractivity contribution in [2.24, 2.45) is 4.99 Å². The van der Waals surface area contributed by atoms with Gasteiger partial charge in [-0.2, -0.15) is 0 Å². The number of carbonyl (C=O) groups is 1. The highest BCUT2D eigenvalue weighted by molar-refractivity contribution is 7.98. The molecule has 1 unspecified atom stereocenters. The molecule has 9 heteroatoms. The second-order valence-corrected chi connectivity index (χ2v) is 10.6. The minimum absolute atomic E-state index is 0.228. The van der Waals surface area contributed by atoms with E-state index < -0.39 is 12.0 Å². The fourth-order valence-corrected chi connectivity index (χ4v) is 5.87.